The molecule has 0 radical (unpaired) electrons. The lowest BCUT2D eigenvalue weighted by atomic mass is 10.0. The Bertz CT molecular complexity index is 663. The van der Waals surface area contributed by atoms with Crippen LogP contribution < -0.4 is 15.5 Å². The molecule has 0 spiro atoms. The minimum absolute atomic E-state index is 0.176. The third-order valence-electron chi connectivity index (χ3n) is 5.96. The van der Waals surface area contributed by atoms with Gasteiger partial charge in [0.15, 0.2) is 5.96 Å². The summed E-state index contributed by atoms with van der Waals surface area (Å²) >= 11 is 0. The second-order valence-electron chi connectivity index (χ2n) is 7.83. The lowest BCUT2D eigenvalue weighted by molar-refractivity contribution is 0.122. The summed E-state index contributed by atoms with van der Waals surface area (Å²) in [6, 6.07) is 6.18. The largest absolute Gasteiger partial charge is 0.378 e. The van der Waals surface area contributed by atoms with Gasteiger partial charge in [0.2, 0.25) is 0 Å². The average Bonchev–Trinajstić information content (AvgIpc) is 2.77. The summed E-state index contributed by atoms with van der Waals surface area (Å²) in [5, 5.41) is 6.69. The van der Waals surface area contributed by atoms with Gasteiger partial charge in [-0.3, -0.25) is 9.89 Å². The van der Waals surface area contributed by atoms with Gasteiger partial charge in [-0.2, -0.15) is 0 Å². The monoisotopic (exact) mass is 405 g/mol. The van der Waals surface area contributed by atoms with E-state index in [-0.39, 0.29) is 5.82 Å². The fraction of sp³-hybridized carbons (Fsp3) is 0.682. The van der Waals surface area contributed by atoms with E-state index in [1.54, 1.807) is 13.1 Å². The van der Waals surface area contributed by atoms with Crippen LogP contribution in [0.5, 0.6) is 0 Å². The molecule has 1 aromatic rings. The Labute approximate surface area is 174 Å². The molecule has 29 heavy (non-hydrogen) atoms. The zero-order chi connectivity index (χ0) is 20.5. The molecule has 0 amide bonds. The van der Waals surface area contributed by atoms with Crippen molar-refractivity contribution in [1.82, 2.24) is 15.5 Å². The molecule has 1 atom stereocenters. The van der Waals surface area contributed by atoms with Gasteiger partial charge in [0.25, 0.3) is 0 Å². The highest BCUT2D eigenvalue weighted by atomic mass is 19.1. The Balaban J connectivity index is 1.44. The second-order valence-corrected chi connectivity index (χ2v) is 7.83. The van der Waals surface area contributed by atoms with Crippen molar-refractivity contribution in [3.63, 3.8) is 0 Å². The van der Waals surface area contributed by atoms with Gasteiger partial charge in [-0.05, 0) is 43.5 Å². The SMILES string of the molecule is CCC1CCCCN1CCNC(=NC)NCc1ccc(N2CCOCC2)c(F)c1. The molecule has 1 aromatic carbocycles. The summed E-state index contributed by atoms with van der Waals surface area (Å²) in [7, 11) is 1.77. The summed E-state index contributed by atoms with van der Waals surface area (Å²) in [4.78, 5) is 8.93. The maximum Gasteiger partial charge on any atom is 0.191 e. The highest BCUT2D eigenvalue weighted by molar-refractivity contribution is 5.79. The standard InChI is InChI=1S/C22H36FN5O/c1-3-19-6-4-5-10-27(19)11-9-25-22(24-2)26-17-18-7-8-21(20(23)16-18)28-12-14-29-15-13-28/h7-8,16,19H,3-6,9-15,17H2,1-2H3,(H2,24,25,26). The Kier molecular flexibility index (Phi) is 8.55. The zero-order valence-electron chi connectivity index (χ0n) is 17.9. The third-order valence-corrected chi connectivity index (χ3v) is 5.96. The number of benzene rings is 1. The van der Waals surface area contributed by atoms with Crippen LogP contribution in [-0.4, -0.2) is 69.9 Å². The Morgan fingerprint density at radius 1 is 1.21 bits per heavy atom. The van der Waals surface area contributed by atoms with Gasteiger partial charge in [0.05, 0.1) is 18.9 Å². The summed E-state index contributed by atoms with van der Waals surface area (Å²) in [5.41, 5.74) is 1.57. The molecule has 6 nitrogen and oxygen atoms in total. The number of hydrogen-bond donors (Lipinski definition) is 2. The number of piperidine rings is 1. The van der Waals surface area contributed by atoms with E-state index in [0.29, 0.717) is 31.5 Å². The molecule has 2 saturated heterocycles. The first-order chi connectivity index (χ1) is 14.2. The van der Waals surface area contributed by atoms with Crippen LogP contribution >= 0.6 is 0 Å². The lowest BCUT2D eigenvalue weighted by Crippen LogP contribution is -2.45. The van der Waals surface area contributed by atoms with Crippen LogP contribution in [0.15, 0.2) is 23.2 Å². The maximum absolute atomic E-state index is 14.6. The Hall–Kier alpha value is -1.86. The molecular weight excluding hydrogens is 369 g/mol. The van der Waals surface area contributed by atoms with Crippen molar-refractivity contribution in [2.75, 3.05) is 57.9 Å². The molecule has 0 saturated carbocycles. The topological polar surface area (TPSA) is 52.1 Å². The molecule has 162 valence electrons. The minimum Gasteiger partial charge on any atom is -0.378 e. The van der Waals surface area contributed by atoms with Gasteiger partial charge in [-0.25, -0.2) is 4.39 Å². The number of likely N-dealkylation sites (tertiary alicyclic amines) is 1. The van der Waals surface area contributed by atoms with Crippen molar-refractivity contribution in [1.29, 1.82) is 0 Å². The number of halogens is 1. The quantitative estimate of drug-likeness (QED) is 0.540. The van der Waals surface area contributed by atoms with Crippen molar-refractivity contribution in [3.05, 3.63) is 29.6 Å². The number of aliphatic imine (C=N–C) groups is 1. The predicted molar refractivity (Wildman–Crippen MR) is 117 cm³/mol. The van der Waals surface area contributed by atoms with Crippen molar-refractivity contribution < 1.29 is 9.13 Å². The number of nitrogens with one attached hydrogen (secondary N) is 2. The first-order valence-electron chi connectivity index (χ1n) is 11.0. The molecule has 0 bridgehead atoms. The van der Waals surface area contributed by atoms with Gasteiger partial charge in [0, 0.05) is 45.8 Å². The van der Waals surface area contributed by atoms with Crippen LogP contribution in [0, 0.1) is 5.82 Å². The van der Waals surface area contributed by atoms with Crippen molar-refractivity contribution >= 4 is 11.6 Å². The summed E-state index contributed by atoms with van der Waals surface area (Å²) in [5.74, 6) is 0.581. The Morgan fingerprint density at radius 3 is 2.76 bits per heavy atom. The van der Waals surface area contributed by atoms with Crippen LogP contribution in [-0.2, 0) is 11.3 Å². The number of rotatable bonds is 7. The van der Waals surface area contributed by atoms with Gasteiger partial charge in [-0.1, -0.05) is 19.4 Å². The molecule has 1 unspecified atom stereocenters. The third kappa shape index (κ3) is 6.31. The fourth-order valence-corrected chi connectivity index (χ4v) is 4.26. The summed E-state index contributed by atoms with van der Waals surface area (Å²) in [6.07, 6.45) is 5.19. The van der Waals surface area contributed by atoms with E-state index in [1.807, 2.05) is 17.0 Å². The minimum atomic E-state index is -0.176. The van der Waals surface area contributed by atoms with Crippen LogP contribution in [0.1, 0.15) is 38.2 Å². The molecule has 0 aliphatic carbocycles. The molecule has 2 fully saturated rings. The number of guanidine groups is 1. The first-order valence-corrected chi connectivity index (χ1v) is 11.0. The van der Waals surface area contributed by atoms with E-state index < -0.39 is 0 Å². The highest BCUT2D eigenvalue weighted by Gasteiger charge is 2.20. The van der Waals surface area contributed by atoms with E-state index in [1.165, 1.54) is 32.2 Å². The first kappa shape index (κ1) is 21.8. The number of morpholine rings is 1. The predicted octanol–water partition coefficient (Wildman–Crippen LogP) is 2.59. The Morgan fingerprint density at radius 2 is 2.03 bits per heavy atom. The van der Waals surface area contributed by atoms with E-state index in [9.17, 15) is 4.39 Å². The molecule has 7 heteroatoms. The van der Waals surface area contributed by atoms with Crippen molar-refractivity contribution in [3.8, 4) is 0 Å². The smallest absolute Gasteiger partial charge is 0.191 e. The van der Waals surface area contributed by atoms with Crippen LogP contribution in [0.4, 0.5) is 10.1 Å². The normalized spacial score (nSPS) is 21.3. The number of nitrogens with zero attached hydrogens (tertiary/aromatic N) is 3. The van der Waals surface area contributed by atoms with Gasteiger partial charge in [0.1, 0.15) is 5.82 Å². The zero-order valence-corrected chi connectivity index (χ0v) is 17.9. The summed E-state index contributed by atoms with van der Waals surface area (Å²) in [6.45, 7) is 8.69. The summed E-state index contributed by atoms with van der Waals surface area (Å²) < 4.78 is 19.9. The molecule has 2 heterocycles. The van der Waals surface area contributed by atoms with Crippen LogP contribution in [0.25, 0.3) is 0 Å². The van der Waals surface area contributed by atoms with E-state index in [2.05, 4.69) is 27.4 Å². The molecule has 2 aliphatic heterocycles. The average molecular weight is 406 g/mol. The van der Waals surface area contributed by atoms with E-state index >= 15 is 0 Å². The van der Waals surface area contributed by atoms with Crippen LogP contribution in [0.3, 0.4) is 0 Å². The number of hydrogen-bond acceptors (Lipinski definition) is 4. The number of ether oxygens (including phenoxy) is 1. The molecule has 2 aliphatic rings. The molecule has 2 N–H and O–H groups in total. The maximum atomic E-state index is 14.6. The van der Waals surface area contributed by atoms with Gasteiger partial charge < -0.3 is 20.3 Å². The van der Waals surface area contributed by atoms with Crippen molar-refractivity contribution in [2.45, 2.75) is 45.2 Å². The van der Waals surface area contributed by atoms with E-state index in [0.717, 1.165) is 37.7 Å². The van der Waals surface area contributed by atoms with E-state index in [4.69, 9.17) is 4.74 Å². The molecule has 0 aromatic heterocycles. The molecule has 3 rings (SSSR count). The number of anilines is 1. The van der Waals surface area contributed by atoms with Crippen LogP contribution in [0.2, 0.25) is 0 Å². The lowest BCUT2D eigenvalue weighted by Gasteiger charge is -2.35. The van der Waals surface area contributed by atoms with Gasteiger partial charge >= 0.3 is 0 Å². The highest BCUT2D eigenvalue weighted by Crippen LogP contribution is 2.21. The van der Waals surface area contributed by atoms with Crippen molar-refractivity contribution in [2.24, 2.45) is 4.99 Å². The second kappa shape index (κ2) is 11.4. The van der Waals surface area contributed by atoms with Gasteiger partial charge in [-0.15, -0.1) is 0 Å². The fourth-order valence-electron chi connectivity index (χ4n) is 4.26. The molecular formula is C22H36FN5O.